The lowest BCUT2D eigenvalue weighted by molar-refractivity contribution is 0.442. The first-order valence-electron chi connectivity index (χ1n) is 5.06. The van der Waals surface area contributed by atoms with Gasteiger partial charge in [-0.15, -0.1) is 0 Å². The lowest BCUT2D eigenvalue weighted by atomic mass is 9.96. The minimum Gasteiger partial charge on any atom is -0.383 e. The van der Waals surface area contributed by atoms with E-state index in [1.165, 1.54) is 18.2 Å². The van der Waals surface area contributed by atoms with Crippen LogP contribution in [0.5, 0.6) is 0 Å². The van der Waals surface area contributed by atoms with E-state index >= 15 is 0 Å². The Morgan fingerprint density at radius 1 is 1.38 bits per heavy atom. The Hall–Kier alpha value is -1.10. The van der Waals surface area contributed by atoms with Crippen LogP contribution >= 0.6 is 0 Å². The van der Waals surface area contributed by atoms with Gasteiger partial charge >= 0.3 is 0 Å². The van der Waals surface area contributed by atoms with Gasteiger partial charge in [-0.3, -0.25) is 0 Å². The molecule has 0 spiro atoms. The van der Waals surface area contributed by atoms with Crippen LogP contribution in [0.2, 0.25) is 0 Å². The maximum absolute atomic E-state index is 13.0. The van der Waals surface area contributed by atoms with Gasteiger partial charge in [0.25, 0.3) is 0 Å². The third kappa shape index (κ3) is 2.04. The predicted octanol–water partition coefficient (Wildman–Crippen LogP) is 2.05. The normalized spacial score (nSPS) is 21.7. The van der Waals surface area contributed by atoms with Crippen LogP contribution in [0, 0.1) is 11.2 Å². The molecule has 16 heavy (non-hydrogen) atoms. The van der Waals surface area contributed by atoms with Crippen molar-refractivity contribution in [2.75, 3.05) is 17.6 Å². The average molecular weight is 243 g/mol. The molecule has 1 aromatic carbocycles. The number of hydrogen-bond acceptors (Lipinski definition) is 3. The van der Waals surface area contributed by atoms with Crippen molar-refractivity contribution in [2.45, 2.75) is 18.7 Å². The van der Waals surface area contributed by atoms with Gasteiger partial charge in [0.1, 0.15) is 5.82 Å². The third-order valence-corrected chi connectivity index (χ3v) is 4.80. The summed E-state index contributed by atoms with van der Waals surface area (Å²) in [6.07, 6.45) is 0. The zero-order chi connectivity index (χ0) is 12.0. The predicted molar refractivity (Wildman–Crippen MR) is 60.7 cm³/mol. The molecular weight excluding hydrogens is 229 g/mol. The minimum atomic E-state index is -3.33. The molecule has 0 aromatic heterocycles. The Balaban J connectivity index is 2.59. The highest BCUT2D eigenvalue weighted by atomic mass is 32.2. The van der Waals surface area contributed by atoms with E-state index in [1.807, 2.05) is 13.8 Å². The molecule has 5 heteroatoms. The van der Waals surface area contributed by atoms with Gasteiger partial charge in [0, 0.05) is 6.54 Å². The topological polar surface area (TPSA) is 46.2 Å². The highest BCUT2D eigenvalue weighted by Gasteiger charge is 2.32. The quantitative estimate of drug-likeness (QED) is 0.709. The molecule has 0 aliphatic carbocycles. The molecule has 0 unspecified atom stereocenters. The van der Waals surface area contributed by atoms with Gasteiger partial charge < -0.3 is 5.32 Å². The molecule has 1 heterocycles. The van der Waals surface area contributed by atoms with Crippen molar-refractivity contribution in [3.8, 4) is 0 Å². The number of anilines is 1. The molecular formula is C11H14FNO2S. The Bertz CT molecular complexity index is 523. The summed E-state index contributed by atoms with van der Waals surface area (Å²) >= 11 is 0. The van der Waals surface area contributed by atoms with E-state index in [9.17, 15) is 12.8 Å². The van der Waals surface area contributed by atoms with Gasteiger partial charge in [0.2, 0.25) is 0 Å². The summed E-state index contributed by atoms with van der Waals surface area (Å²) in [7, 11) is -3.33. The summed E-state index contributed by atoms with van der Waals surface area (Å²) in [5, 5.41) is 2.99. The smallest absolute Gasteiger partial charge is 0.181 e. The highest BCUT2D eigenvalue weighted by molar-refractivity contribution is 7.91. The fourth-order valence-electron chi connectivity index (χ4n) is 1.89. The molecule has 0 saturated heterocycles. The maximum Gasteiger partial charge on any atom is 0.181 e. The Labute approximate surface area is 94.6 Å². The van der Waals surface area contributed by atoms with E-state index in [2.05, 4.69) is 5.32 Å². The molecule has 0 saturated carbocycles. The van der Waals surface area contributed by atoms with Crippen molar-refractivity contribution < 1.29 is 12.8 Å². The number of hydrogen-bond donors (Lipinski definition) is 1. The van der Waals surface area contributed by atoms with E-state index in [1.54, 1.807) is 0 Å². The van der Waals surface area contributed by atoms with Crippen LogP contribution in [0.1, 0.15) is 13.8 Å². The summed E-state index contributed by atoms with van der Waals surface area (Å²) in [4.78, 5) is 0.194. The third-order valence-electron chi connectivity index (χ3n) is 2.61. The molecule has 1 aliphatic rings. The molecule has 0 bridgehead atoms. The van der Waals surface area contributed by atoms with Crippen LogP contribution in [0.3, 0.4) is 0 Å². The van der Waals surface area contributed by atoms with Crippen molar-refractivity contribution in [3.63, 3.8) is 0 Å². The molecule has 1 aromatic rings. The summed E-state index contributed by atoms with van der Waals surface area (Å²) in [5.74, 6) is -0.354. The van der Waals surface area contributed by atoms with E-state index in [0.29, 0.717) is 12.2 Å². The zero-order valence-corrected chi connectivity index (χ0v) is 10.1. The SMILES string of the molecule is CC1(C)CNc2cc(F)ccc2S(=O)(=O)C1. The Morgan fingerprint density at radius 3 is 2.75 bits per heavy atom. The van der Waals surface area contributed by atoms with Gasteiger partial charge in [0.15, 0.2) is 9.84 Å². The largest absolute Gasteiger partial charge is 0.383 e. The standard InChI is InChI=1S/C11H14FNO2S/c1-11(2)6-13-9-5-8(12)3-4-10(9)16(14,15)7-11/h3-5,13H,6-7H2,1-2H3. The first-order chi connectivity index (χ1) is 7.30. The molecule has 2 rings (SSSR count). The van der Waals surface area contributed by atoms with Crippen molar-refractivity contribution >= 4 is 15.5 Å². The van der Waals surface area contributed by atoms with Crippen LogP contribution in [-0.2, 0) is 9.84 Å². The van der Waals surface area contributed by atoms with Crippen molar-refractivity contribution in [1.82, 2.24) is 0 Å². The molecule has 0 atom stereocenters. The molecule has 88 valence electrons. The summed E-state index contributed by atoms with van der Waals surface area (Å²) in [6.45, 7) is 4.27. The molecule has 3 nitrogen and oxygen atoms in total. The molecule has 1 N–H and O–H groups in total. The van der Waals surface area contributed by atoms with E-state index in [-0.39, 0.29) is 16.1 Å². The van der Waals surface area contributed by atoms with Gasteiger partial charge in [-0.2, -0.15) is 0 Å². The second kappa shape index (κ2) is 3.45. The number of halogens is 1. The van der Waals surface area contributed by atoms with Crippen LogP contribution in [0.4, 0.5) is 10.1 Å². The van der Waals surface area contributed by atoms with Gasteiger partial charge in [-0.25, -0.2) is 12.8 Å². The number of benzene rings is 1. The maximum atomic E-state index is 13.0. The highest BCUT2D eigenvalue weighted by Crippen LogP contribution is 2.32. The van der Waals surface area contributed by atoms with Crippen LogP contribution < -0.4 is 5.32 Å². The summed E-state index contributed by atoms with van der Waals surface area (Å²) in [6, 6.07) is 3.74. The van der Waals surface area contributed by atoms with Gasteiger partial charge in [-0.05, 0) is 23.6 Å². The number of fused-ring (bicyclic) bond motifs is 1. The van der Waals surface area contributed by atoms with Gasteiger partial charge in [-0.1, -0.05) is 13.8 Å². The average Bonchev–Trinajstić information content (AvgIpc) is 2.20. The number of rotatable bonds is 0. The molecule has 0 radical (unpaired) electrons. The van der Waals surface area contributed by atoms with Crippen molar-refractivity contribution in [3.05, 3.63) is 24.0 Å². The van der Waals surface area contributed by atoms with E-state index < -0.39 is 15.7 Å². The minimum absolute atomic E-state index is 0.0750. The Morgan fingerprint density at radius 2 is 2.06 bits per heavy atom. The van der Waals surface area contributed by atoms with Crippen LogP contribution in [0.15, 0.2) is 23.1 Å². The molecule has 0 amide bonds. The molecule has 0 fully saturated rings. The van der Waals surface area contributed by atoms with E-state index in [4.69, 9.17) is 0 Å². The van der Waals surface area contributed by atoms with Crippen LogP contribution in [-0.4, -0.2) is 20.7 Å². The first kappa shape index (κ1) is 11.4. The summed E-state index contributed by atoms with van der Waals surface area (Å²) < 4.78 is 37.2. The molecule has 1 aliphatic heterocycles. The van der Waals surface area contributed by atoms with Crippen molar-refractivity contribution in [2.24, 2.45) is 5.41 Å². The Kier molecular flexibility index (Phi) is 2.45. The van der Waals surface area contributed by atoms with Crippen molar-refractivity contribution in [1.29, 1.82) is 0 Å². The lowest BCUT2D eigenvalue weighted by Crippen LogP contribution is -2.28. The second-order valence-electron chi connectivity index (χ2n) is 4.92. The number of sulfone groups is 1. The van der Waals surface area contributed by atoms with Gasteiger partial charge in [0.05, 0.1) is 16.3 Å². The van der Waals surface area contributed by atoms with E-state index in [0.717, 1.165) is 0 Å². The lowest BCUT2D eigenvalue weighted by Gasteiger charge is -2.20. The monoisotopic (exact) mass is 243 g/mol. The fraction of sp³-hybridized carbons (Fsp3) is 0.455. The summed E-state index contributed by atoms with van der Waals surface area (Å²) in [5.41, 5.74) is 0.0134. The first-order valence-corrected chi connectivity index (χ1v) is 6.72. The fourth-order valence-corrected chi connectivity index (χ4v) is 3.92. The zero-order valence-electron chi connectivity index (χ0n) is 9.25. The number of nitrogens with one attached hydrogen (secondary N) is 1. The second-order valence-corrected chi connectivity index (χ2v) is 6.88. The van der Waals surface area contributed by atoms with Crippen LogP contribution in [0.25, 0.3) is 0 Å².